The minimum absolute atomic E-state index is 0.0511. The molecule has 2 aromatic heterocycles. The Kier molecular flexibility index (Phi) is 13.2. The molecule has 10 rings (SSSR count). The highest BCUT2D eigenvalue weighted by Crippen LogP contribution is 2.43. The first-order valence-electron chi connectivity index (χ1n) is 22.6. The first kappa shape index (κ1) is 46.3. The number of aromatic hydroxyl groups is 2. The Labute approximate surface area is 416 Å². The third kappa shape index (κ3) is 9.13. The summed E-state index contributed by atoms with van der Waals surface area (Å²) in [4.78, 5) is 59.3. The van der Waals surface area contributed by atoms with Gasteiger partial charge in [-0.15, -0.1) is 23.1 Å². The van der Waals surface area contributed by atoms with Crippen LogP contribution in [0.3, 0.4) is 0 Å². The summed E-state index contributed by atoms with van der Waals surface area (Å²) in [7, 11) is 1.33. The van der Waals surface area contributed by atoms with Gasteiger partial charge in [0.05, 0.1) is 17.4 Å². The van der Waals surface area contributed by atoms with Crippen LogP contribution in [0.2, 0.25) is 0 Å². The van der Waals surface area contributed by atoms with E-state index in [0.29, 0.717) is 21.7 Å². The monoisotopic (exact) mass is 979 g/mol. The number of thiazole rings is 1. The number of imidazole rings is 1. The first-order chi connectivity index (χ1) is 34.7. The average Bonchev–Trinajstić information content (AvgIpc) is 4.05. The van der Waals surface area contributed by atoms with Crippen LogP contribution in [-0.4, -0.2) is 77.4 Å². The van der Waals surface area contributed by atoms with Gasteiger partial charge in [-0.3, -0.25) is 14.5 Å². The fourth-order valence-electron chi connectivity index (χ4n) is 8.93. The Hall–Kier alpha value is -8.47. The number of phenolic OH excluding ortho intramolecular Hbond substituents is 2. The highest BCUT2D eigenvalue weighted by atomic mass is 32.2. The molecule has 2 aliphatic heterocycles. The largest absolute Gasteiger partial charge is 0.504 e. The van der Waals surface area contributed by atoms with Crippen molar-refractivity contribution in [2.75, 3.05) is 18.2 Å². The molecule has 0 radical (unpaired) electrons. The van der Waals surface area contributed by atoms with E-state index in [4.69, 9.17) is 14.6 Å². The van der Waals surface area contributed by atoms with E-state index < -0.39 is 40.8 Å². The molecule has 0 bridgehead atoms. The lowest BCUT2D eigenvalue weighted by molar-refractivity contribution is -0.154. The van der Waals surface area contributed by atoms with Crippen LogP contribution < -0.4 is 10.6 Å². The number of aromatic nitrogens is 3. The zero-order valence-electron chi connectivity index (χ0n) is 38.0. The molecule has 8 aromatic rings. The summed E-state index contributed by atoms with van der Waals surface area (Å²) >= 11 is 2.68. The van der Waals surface area contributed by atoms with Crippen LogP contribution in [0, 0.1) is 0 Å². The molecule has 0 aliphatic carbocycles. The maximum Gasteiger partial charge on any atom is 0.356 e. The summed E-state index contributed by atoms with van der Waals surface area (Å²) in [6.07, 6.45) is 4.37. The number of fused-ring (bicyclic) bond motifs is 2. The van der Waals surface area contributed by atoms with Crippen molar-refractivity contribution in [1.29, 1.82) is 0 Å². The number of allylic oxidation sites excluding steroid dienone is 2. The minimum atomic E-state index is -1.04. The number of oxime groups is 1. The van der Waals surface area contributed by atoms with Crippen molar-refractivity contribution in [2.45, 2.75) is 29.6 Å². The van der Waals surface area contributed by atoms with E-state index in [1.807, 2.05) is 121 Å². The molecule has 0 spiro atoms. The predicted molar refractivity (Wildman–Crippen MR) is 274 cm³/mol. The van der Waals surface area contributed by atoms with Crippen molar-refractivity contribution in [2.24, 2.45) is 5.16 Å². The Bertz CT molecular complexity index is 3180. The van der Waals surface area contributed by atoms with Crippen molar-refractivity contribution < 1.29 is 34.2 Å². The molecular formula is C55H45N7O7S2. The number of hydrogen-bond donors (Lipinski definition) is 4. The Morgan fingerprint density at radius 1 is 0.831 bits per heavy atom. The first-order valence-corrected chi connectivity index (χ1v) is 24.5. The van der Waals surface area contributed by atoms with Crippen LogP contribution in [0.4, 0.5) is 5.13 Å². The summed E-state index contributed by atoms with van der Waals surface area (Å²) in [5.74, 6) is -2.21. The van der Waals surface area contributed by atoms with E-state index in [-0.39, 0.29) is 40.9 Å². The lowest BCUT2D eigenvalue weighted by Crippen LogP contribution is -2.71. The Morgan fingerprint density at radius 2 is 1.39 bits per heavy atom. The number of β-lactam (4-membered cyclic amide) rings is 1. The second kappa shape index (κ2) is 20.2. The third-order valence-electron chi connectivity index (χ3n) is 12.3. The standard InChI is InChI=1S/C55H45N7O7S2/c1-68-60-46(42-33-71-54(57-42)59-55(38-23-11-4-12-24-38,39-25-13-5-14-26-39)40-27-15-6-16-28-40)50(65)58-47-51(66)62-48(53(67)69-49(35-18-7-2-8-19-35)36-20-9-3-10-21-36)37(32-70-52(47)62)22-17-29-61-34-56-41-30-44(63)45(64)31-43(41)61/h2-28,30-31,33-34,47,49,52,63-64H,29,32H2,1H3,(H,57,59)(H,58,65)/b22-17+,60-46-/t47?,52-/m0/s1. The third-order valence-corrected chi connectivity index (χ3v) is 14.4. The average molecular weight is 980 g/mol. The molecular weight excluding hydrogens is 935 g/mol. The molecule has 2 amide bonds. The van der Waals surface area contributed by atoms with Gasteiger partial charge in [-0.2, -0.15) is 0 Å². The second-order valence-electron chi connectivity index (χ2n) is 16.6. The number of esters is 1. The zero-order chi connectivity index (χ0) is 48.9. The summed E-state index contributed by atoms with van der Waals surface area (Å²) in [6.45, 7) is 0.283. The number of amides is 2. The van der Waals surface area contributed by atoms with Crippen molar-refractivity contribution in [1.82, 2.24) is 24.8 Å². The van der Waals surface area contributed by atoms with Crippen molar-refractivity contribution in [3.05, 3.63) is 232 Å². The van der Waals surface area contributed by atoms with E-state index in [9.17, 15) is 24.6 Å². The van der Waals surface area contributed by atoms with Gasteiger partial charge >= 0.3 is 5.97 Å². The van der Waals surface area contributed by atoms with Gasteiger partial charge in [0.25, 0.3) is 11.8 Å². The van der Waals surface area contributed by atoms with Gasteiger partial charge in [0.1, 0.15) is 35.5 Å². The molecule has 2 atom stereocenters. The normalized spacial score (nSPS) is 15.9. The van der Waals surface area contributed by atoms with E-state index in [1.54, 1.807) is 22.4 Å². The van der Waals surface area contributed by atoms with Crippen LogP contribution in [-0.2, 0) is 36.0 Å². The Morgan fingerprint density at radius 3 is 1.97 bits per heavy atom. The highest BCUT2D eigenvalue weighted by molar-refractivity contribution is 8.00. The van der Waals surface area contributed by atoms with Crippen LogP contribution >= 0.6 is 23.1 Å². The maximum atomic E-state index is 14.7. The fraction of sp³-hybridized carbons (Fsp3) is 0.127. The summed E-state index contributed by atoms with van der Waals surface area (Å²) < 4.78 is 8.13. The molecule has 1 fully saturated rings. The molecule has 6 aromatic carbocycles. The number of ether oxygens (including phenoxy) is 1. The minimum Gasteiger partial charge on any atom is -0.504 e. The topological polar surface area (TPSA) is 180 Å². The van der Waals surface area contributed by atoms with Crippen molar-refractivity contribution in [3.8, 4) is 11.5 Å². The molecule has 16 heteroatoms. The highest BCUT2D eigenvalue weighted by Gasteiger charge is 2.55. The Balaban J connectivity index is 0.931. The van der Waals surface area contributed by atoms with E-state index in [1.165, 1.54) is 47.2 Å². The van der Waals surface area contributed by atoms with Crippen molar-refractivity contribution >= 4 is 62.8 Å². The van der Waals surface area contributed by atoms with Gasteiger partial charge in [0.15, 0.2) is 28.4 Å². The fourth-order valence-corrected chi connectivity index (χ4v) is 11.0. The van der Waals surface area contributed by atoms with E-state index >= 15 is 0 Å². The molecule has 354 valence electrons. The van der Waals surface area contributed by atoms with E-state index in [2.05, 4.69) is 57.2 Å². The van der Waals surface area contributed by atoms with E-state index in [0.717, 1.165) is 27.8 Å². The second-order valence-corrected chi connectivity index (χ2v) is 18.6. The number of hydrogen-bond acceptors (Lipinski definition) is 13. The van der Waals surface area contributed by atoms with Gasteiger partial charge < -0.3 is 35.0 Å². The van der Waals surface area contributed by atoms with Gasteiger partial charge in [0, 0.05) is 29.8 Å². The lowest BCUT2D eigenvalue weighted by atomic mass is 9.77. The molecule has 14 nitrogen and oxygen atoms in total. The van der Waals surface area contributed by atoms with Crippen LogP contribution in [0.1, 0.15) is 39.6 Å². The van der Waals surface area contributed by atoms with Gasteiger partial charge in [-0.25, -0.2) is 14.8 Å². The number of carbonyl (C=O) groups excluding carboxylic acids is 3. The zero-order valence-corrected chi connectivity index (χ0v) is 39.7. The summed E-state index contributed by atoms with van der Waals surface area (Å²) in [5, 5.41) is 32.4. The molecule has 71 heavy (non-hydrogen) atoms. The maximum absolute atomic E-state index is 14.7. The molecule has 0 saturated carbocycles. The predicted octanol–water partition coefficient (Wildman–Crippen LogP) is 8.90. The number of rotatable bonds is 16. The van der Waals surface area contributed by atoms with Gasteiger partial charge in [0.2, 0.25) is 0 Å². The van der Waals surface area contributed by atoms with Crippen LogP contribution in [0.15, 0.2) is 204 Å². The van der Waals surface area contributed by atoms with Gasteiger partial charge in [-0.1, -0.05) is 169 Å². The molecule has 2 aliphatic rings. The SMILES string of the molecule is CO/N=C(\C(=O)NC1C(=O)N2C(C(=O)OC(c3ccccc3)c3ccccc3)=C(/C=C/Cn3cnc4cc(O)c(O)cc43)CS[C@@H]12)c1csc(NC(c2ccccc2)(c2ccccc2)c2ccccc2)n1. The summed E-state index contributed by atoms with van der Waals surface area (Å²) in [6, 6.07) is 50.7. The van der Waals surface area contributed by atoms with Gasteiger partial charge in [-0.05, 0) is 33.4 Å². The van der Waals surface area contributed by atoms with Crippen LogP contribution in [0.5, 0.6) is 11.5 Å². The van der Waals surface area contributed by atoms with Crippen LogP contribution in [0.25, 0.3) is 11.0 Å². The number of nitrogens with one attached hydrogen (secondary N) is 2. The number of thioether (sulfide) groups is 1. The lowest BCUT2D eigenvalue weighted by Gasteiger charge is -2.49. The number of carbonyl (C=O) groups is 3. The molecule has 1 unspecified atom stereocenters. The smallest absolute Gasteiger partial charge is 0.356 e. The number of nitrogens with zero attached hydrogens (tertiary/aromatic N) is 5. The number of phenols is 2. The molecule has 4 heterocycles. The van der Waals surface area contributed by atoms with Crippen molar-refractivity contribution in [3.63, 3.8) is 0 Å². The summed E-state index contributed by atoms with van der Waals surface area (Å²) in [5.41, 5.74) is 5.24. The molecule has 1 saturated heterocycles. The molecule has 4 N–H and O–H groups in total. The number of anilines is 1. The quantitative estimate of drug-likeness (QED) is 0.0181. The number of benzene rings is 6.